The lowest BCUT2D eigenvalue weighted by Gasteiger charge is -1.93. The van der Waals surface area contributed by atoms with Crippen LogP contribution in [0.5, 0.6) is 0 Å². The van der Waals surface area contributed by atoms with Gasteiger partial charge in [0.05, 0.1) is 5.69 Å². The second-order valence-electron chi connectivity index (χ2n) is 3.96. The van der Waals surface area contributed by atoms with Gasteiger partial charge in [0, 0.05) is 28.9 Å². The van der Waals surface area contributed by atoms with Crippen molar-refractivity contribution in [1.29, 1.82) is 0 Å². The zero-order chi connectivity index (χ0) is 11.3. The highest BCUT2D eigenvalue weighted by Gasteiger charge is 2.10. The van der Waals surface area contributed by atoms with Crippen LogP contribution in [0.1, 0.15) is 17.4 Å². The van der Waals surface area contributed by atoms with E-state index in [1.807, 2.05) is 24.3 Å². The van der Waals surface area contributed by atoms with Gasteiger partial charge in [-0.05, 0) is 18.2 Å². The number of nitrogens with one attached hydrogen (secondary N) is 2. The predicted octanol–water partition coefficient (Wildman–Crippen LogP) is 2.43. The molecule has 4 N–H and O–H groups in total. The molecule has 3 aromatic rings. The van der Waals surface area contributed by atoms with Crippen molar-refractivity contribution in [2.75, 3.05) is 5.73 Å². The summed E-state index contributed by atoms with van der Waals surface area (Å²) in [6.07, 6.45) is 0. The topological polar surface area (TPSA) is 74.7 Å². The van der Waals surface area contributed by atoms with E-state index in [0.29, 0.717) is 5.69 Å². The smallest absolute Gasteiger partial charge is 0.176 e. The molecule has 3 rings (SSSR count). The maximum absolute atomic E-state index is 11.2. The molecule has 0 saturated heterocycles. The molecule has 0 radical (unpaired) electrons. The first-order valence-electron chi connectivity index (χ1n) is 5.06. The first-order chi connectivity index (χ1) is 7.65. The number of rotatable bonds is 1. The number of aromatic amines is 2. The van der Waals surface area contributed by atoms with E-state index in [2.05, 4.69) is 9.97 Å². The molecule has 0 amide bonds. The lowest BCUT2D eigenvalue weighted by atomic mass is 10.2. The van der Waals surface area contributed by atoms with Gasteiger partial charge in [0.2, 0.25) is 0 Å². The summed E-state index contributed by atoms with van der Waals surface area (Å²) in [7, 11) is 0. The van der Waals surface area contributed by atoms with Crippen molar-refractivity contribution in [2.24, 2.45) is 0 Å². The van der Waals surface area contributed by atoms with Crippen LogP contribution in [0, 0.1) is 0 Å². The van der Waals surface area contributed by atoms with Crippen molar-refractivity contribution in [3.05, 3.63) is 30.0 Å². The van der Waals surface area contributed by atoms with Gasteiger partial charge < -0.3 is 15.7 Å². The van der Waals surface area contributed by atoms with Gasteiger partial charge in [0.1, 0.15) is 5.65 Å². The molecule has 0 aliphatic rings. The SMILES string of the molecule is CC(=O)c1cc2c([nH]1)[nH]c1cc(N)ccc12. The first-order valence-corrected chi connectivity index (χ1v) is 5.06. The van der Waals surface area contributed by atoms with Crippen molar-refractivity contribution >= 4 is 33.4 Å². The van der Waals surface area contributed by atoms with Gasteiger partial charge in [0.25, 0.3) is 0 Å². The minimum atomic E-state index is 0.0354. The molecule has 0 bridgehead atoms. The highest BCUT2D eigenvalue weighted by molar-refractivity contribution is 6.10. The van der Waals surface area contributed by atoms with Gasteiger partial charge >= 0.3 is 0 Å². The van der Waals surface area contributed by atoms with E-state index in [1.54, 1.807) is 6.92 Å². The Balaban J connectivity index is 2.38. The van der Waals surface area contributed by atoms with Crippen LogP contribution in [0.15, 0.2) is 24.3 Å². The number of fused-ring (bicyclic) bond motifs is 3. The molecule has 1 aromatic carbocycles. The van der Waals surface area contributed by atoms with E-state index >= 15 is 0 Å². The Hall–Kier alpha value is -2.23. The fourth-order valence-corrected chi connectivity index (χ4v) is 1.99. The number of hydrogen-bond donors (Lipinski definition) is 3. The molecule has 4 heteroatoms. The van der Waals surface area contributed by atoms with Crippen LogP contribution in [-0.2, 0) is 0 Å². The summed E-state index contributed by atoms with van der Waals surface area (Å²) < 4.78 is 0. The number of Topliss-reactive ketones (excluding diaryl/α,β-unsaturated/α-hetero) is 1. The van der Waals surface area contributed by atoms with Gasteiger partial charge in [-0.15, -0.1) is 0 Å². The summed E-state index contributed by atoms with van der Waals surface area (Å²) in [6, 6.07) is 7.57. The van der Waals surface area contributed by atoms with Gasteiger partial charge in [0.15, 0.2) is 5.78 Å². The minimum absolute atomic E-state index is 0.0354. The van der Waals surface area contributed by atoms with E-state index in [-0.39, 0.29) is 5.78 Å². The van der Waals surface area contributed by atoms with Gasteiger partial charge in [-0.3, -0.25) is 4.79 Å². The zero-order valence-electron chi connectivity index (χ0n) is 8.79. The summed E-state index contributed by atoms with van der Waals surface area (Å²) in [5.41, 5.74) is 8.91. The number of benzene rings is 1. The highest BCUT2D eigenvalue weighted by Crippen LogP contribution is 2.27. The number of nitrogen functional groups attached to an aromatic ring is 1. The monoisotopic (exact) mass is 213 g/mol. The Morgan fingerprint density at radius 3 is 2.75 bits per heavy atom. The number of H-pyrrole nitrogens is 2. The predicted molar refractivity (Wildman–Crippen MR) is 64.6 cm³/mol. The van der Waals surface area contributed by atoms with Crippen LogP contribution >= 0.6 is 0 Å². The van der Waals surface area contributed by atoms with E-state index in [1.165, 1.54) is 0 Å². The Morgan fingerprint density at radius 2 is 2.00 bits per heavy atom. The normalized spacial score (nSPS) is 11.3. The molecule has 0 atom stereocenters. The van der Waals surface area contributed by atoms with Crippen LogP contribution in [0.25, 0.3) is 21.9 Å². The Kier molecular flexibility index (Phi) is 1.63. The number of aromatic nitrogens is 2. The molecule has 16 heavy (non-hydrogen) atoms. The number of hydrogen-bond acceptors (Lipinski definition) is 2. The van der Waals surface area contributed by atoms with E-state index in [0.717, 1.165) is 27.6 Å². The van der Waals surface area contributed by atoms with E-state index in [4.69, 9.17) is 5.73 Å². The summed E-state index contributed by atoms with van der Waals surface area (Å²) in [6.45, 7) is 1.55. The van der Waals surface area contributed by atoms with Crippen molar-refractivity contribution in [3.8, 4) is 0 Å². The van der Waals surface area contributed by atoms with Crippen LogP contribution < -0.4 is 5.73 Å². The molecule has 2 heterocycles. The molecule has 0 aliphatic heterocycles. The largest absolute Gasteiger partial charge is 0.399 e. The second-order valence-corrected chi connectivity index (χ2v) is 3.96. The lowest BCUT2D eigenvalue weighted by molar-refractivity contribution is 0.101. The first kappa shape index (κ1) is 9.03. The van der Waals surface area contributed by atoms with Gasteiger partial charge in [-0.25, -0.2) is 0 Å². The Labute approximate surface area is 91.4 Å². The maximum atomic E-state index is 11.2. The molecule has 4 nitrogen and oxygen atoms in total. The zero-order valence-corrected chi connectivity index (χ0v) is 8.79. The van der Waals surface area contributed by atoms with Crippen LogP contribution in [0.3, 0.4) is 0 Å². The van der Waals surface area contributed by atoms with Crippen molar-refractivity contribution in [1.82, 2.24) is 9.97 Å². The fourth-order valence-electron chi connectivity index (χ4n) is 1.99. The second kappa shape index (κ2) is 2.88. The van der Waals surface area contributed by atoms with Gasteiger partial charge in [-0.1, -0.05) is 6.07 Å². The summed E-state index contributed by atoms with van der Waals surface area (Å²) in [5, 5.41) is 2.10. The number of ketones is 1. The molecular weight excluding hydrogens is 202 g/mol. The highest BCUT2D eigenvalue weighted by atomic mass is 16.1. The van der Waals surface area contributed by atoms with Crippen LogP contribution in [0.2, 0.25) is 0 Å². The third kappa shape index (κ3) is 1.13. The van der Waals surface area contributed by atoms with E-state index in [9.17, 15) is 4.79 Å². The summed E-state index contributed by atoms with van der Waals surface area (Å²) in [5.74, 6) is 0.0354. The minimum Gasteiger partial charge on any atom is -0.399 e. The number of anilines is 1. The average molecular weight is 213 g/mol. The third-order valence-corrected chi connectivity index (χ3v) is 2.79. The molecule has 0 saturated carbocycles. The average Bonchev–Trinajstić information content (AvgIpc) is 2.73. The molecule has 0 aliphatic carbocycles. The molecule has 80 valence electrons. The van der Waals surface area contributed by atoms with E-state index < -0.39 is 0 Å². The molecule has 0 spiro atoms. The standard InChI is InChI=1S/C12H11N3O/c1-6(16)10-5-9-8-3-2-7(13)4-11(8)15-12(9)14-10/h2-5,14-15H,13H2,1H3. The molecular formula is C12H11N3O. The third-order valence-electron chi connectivity index (χ3n) is 2.79. The quantitative estimate of drug-likeness (QED) is 0.429. The molecule has 0 fully saturated rings. The Morgan fingerprint density at radius 1 is 1.19 bits per heavy atom. The number of carbonyl (C=O) groups excluding carboxylic acids is 1. The van der Waals surface area contributed by atoms with Crippen molar-refractivity contribution in [2.45, 2.75) is 6.92 Å². The Bertz CT molecular complexity index is 706. The summed E-state index contributed by atoms with van der Waals surface area (Å²) >= 11 is 0. The summed E-state index contributed by atoms with van der Waals surface area (Å²) in [4.78, 5) is 17.5. The maximum Gasteiger partial charge on any atom is 0.176 e. The van der Waals surface area contributed by atoms with Crippen molar-refractivity contribution in [3.63, 3.8) is 0 Å². The number of nitrogens with two attached hydrogens (primary N) is 1. The van der Waals surface area contributed by atoms with Crippen LogP contribution in [0.4, 0.5) is 5.69 Å². The number of carbonyl (C=O) groups is 1. The molecule has 0 unspecified atom stereocenters. The fraction of sp³-hybridized carbons (Fsp3) is 0.0833. The van der Waals surface area contributed by atoms with Crippen LogP contribution in [-0.4, -0.2) is 15.8 Å². The molecule has 2 aromatic heterocycles. The van der Waals surface area contributed by atoms with Gasteiger partial charge in [-0.2, -0.15) is 0 Å². The lowest BCUT2D eigenvalue weighted by Crippen LogP contribution is -1.90. The van der Waals surface area contributed by atoms with Crippen molar-refractivity contribution < 1.29 is 4.79 Å².